The molecule has 14 heavy (non-hydrogen) atoms. The predicted octanol–water partition coefficient (Wildman–Crippen LogP) is -1.51. The molecule has 0 aromatic heterocycles. The first-order valence-corrected chi connectivity index (χ1v) is 5.16. The zero-order valence-corrected chi connectivity index (χ0v) is 10.6. The van der Waals surface area contributed by atoms with E-state index in [1.54, 1.807) is 7.11 Å². The Hall–Kier alpha value is 0.170. The zero-order valence-electron chi connectivity index (χ0n) is 9.88. The molecule has 0 radical (unpaired) electrons. The summed E-state index contributed by atoms with van der Waals surface area (Å²) in [5.41, 5.74) is 0. The second-order valence-corrected chi connectivity index (χ2v) is 3.32. The molecule has 0 aliphatic heterocycles. The summed E-state index contributed by atoms with van der Waals surface area (Å²) < 4.78 is 11.5. The summed E-state index contributed by atoms with van der Waals surface area (Å²) in [6.07, 6.45) is 0. The Balaban J connectivity index is 0. The third-order valence-electron chi connectivity index (χ3n) is 2.81. The highest BCUT2D eigenvalue weighted by atomic mass is 35.5. The van der Waals surface area contributed by atoms with E-state index in [1.807, 2.05) is 0 Å². The van der Waals surface area contributed by atoms with Crippen LogP contribution in [0.15, 0.2) is 0 Å². The van der Waals surface area contributed by atoms with Crippen molar-refractivity contribution < 1.29 is 26.4 Å². The van der Waals surface area contributed by atoms with Crippen LogP contribution in [0.1, 0.15) is 20.8 Å². The monoisotopic (exact) mass is 225 g/mol. The lowest BCUT2D eigenvalue weighted by Crippen LogP contribution is -3.00. The van der Waals surface area contributed by atoms with E-state index in [-0.39, 0.29) is 12.4 Å². The highest BCUT2D eigenvalue weighted by Gasteiger charge is 2.19. The summed E-state index contributed by atoms with van der Waals surface area (Å²) in [6, 6.07) is 0. The molecular weight excluding hydrogens is 202 g/mol. The Morgan fingerprint density at radius 3 is 1.79 bits per heavy atom. The molecule has 0 rings (SSSR count). The number of nitrogens with zero attached hydrogens (tertiary/aromatic N) is 1. The van der Waals surface area contributed by atoms with E-state index < -0.39 is 0 Å². The van der Waals surface area contributed by atoms with E-state index in [2.05, 4.69) is 20.8 Å². The summed E-state index contributed by atoms with van der Waals surface area (Å²) in [5.74, 6) is 0. The van der Waals surface area contributed by atoms with Crippen LogP contribution >= 0.6 is 0 Å². The minimum absolute atomic E-state index is 0. The molecule has 0 saturated carbocycles. The molecule has 0 aromatic carbocycles. The molecule has 88 valence electrons. The molecule has 0 aliphatic carbocycles. The third-order valence-corrected chi connectivity index (χ3v) is 2.81. The molecule has 3 nitrogen and oxygen atoms in total. The van der Waals surface area contributed by atoms with Gasteiger partial charge in [-0.25, -0.2) is 0 Å². The number of methoxy groups -OCH3 is 1. The van der Waals surface area contributed by atoms with Gasteiger partial charge in [0.1, 0.15) is 0 Å². The van der Waals surface area contributed by atoms with E-state index in [0.717, 1.165) is 30.8 Å². The minimum atomic E-state index is 0. The number of rotatable bonds is 8. The van der Waals surface area contributed by atoms with Crippen molar-refractivity contribution in [3.8, 4) is 0 Å². The minimum Gasteiger partial charge on any atom is -1.00 e. The molecule has 4 heteroatoms. The Morgan fingerprint density at radius 1 is 0.929 bits per heavy atom. The molecule has 0 unspecified atom stereocenters. The van der Waals surface area contributed by atoms with E-state index >= 15 is 0 Å². The van der Waals surface area contributed by atoms with Crippen LogP contribution in [-0.4, -0.2) is 51.2 Å². The zero-order chi connectivity index (χ0) is 10.2. The number of quaternary nitrogens is 1. The second kappa shape index (κ2) is 9.71. The van der Waals surface area contributed by atoms with Gasteiger partial charge in [0.05, 0.1) is 32.8 Å². The average molecular weight is 226 g/mol. The molecule has 0 heterocycles. The Bertz CT molecular complexity index is 110. The van der Waals surface area contributed by atoms with Gasteiger partial charge in [0.25, 0.3) is 0 Å². The third kappa shape index (κ3) is 5.81. The summed E-state index contributed by atoms with van der Waals surface area (Å²) in [7, 11) is 1.70. The van der Waals surface area contributed by atoms with Gasteiger partial charge in [-0.05, 0) is 20.8 Å². The molecule has 0 atom stereocenters. The molecular formula is C10H24ClNO2. The number of hydrogen-bond donors (Lipinski definition) is 0. The van der Waals surface area contributed by atoms with Crippen molar-refractivity contribution in [1.82, 2.24) is 0 Å². The van der Waals surface area contributed by atoms with E-state index in [1.165, 1.54) is 0 Å². The normalized spacial score (nSPS) is 11.1. The molecule has 0 N–H and O–H groups in total. The Morgan fingerprint density at radius 2 is 1.43 bits per heavy atom. The molecule has 0 aromatic rings. The van der Waals surface area contributed by atoms with E-state index in [4.69, 9.17) is 9.47 Å². The average Bonchev–Trinajstić information content (AvgIpc) is 2.20. The molecule has 0 saturated heterocycles. The van der Waals surface area contributed by atoms with Crippen LogP contribution in [0.2, 0.25) is 0 Å². The molecule has 0 bridgehead atoms. The van der Waals surface area contributed by atoms with Gasteiger partial charge in [-0.3, -0.25) is 0 Å². The quantitative estimate of drug-likeness (QED) is 0.284. The molecule has 0 fully saturated rings. The van der Waals surface area contributed by atoms with Gasteiger partial charge in [-0.1, -0.05) is 0 Å². The van der Waals surface area contributed by atoms with Crippen LogP contribution in [0.25, 0.3) is 0 Å². The maximum Gasteiger partial charge on any atom is 0.183 e. The fraction of sp³-hybridized carbons (Fsp3) is 1.00. The Labute approximate surface area is 94.4 Å². The van der Waals surface area contributed by atoms with Crippen LogP contribution in [-0.2, 0) is 9.47 Å². The number of hydrogen-bond acceptors (Lipinski definition) is 2. The lowest BCUT2D eigenvalue weighted by molar-refractivity contribution is -0.941. The van der Waals surface area contributed by atoms with Crippen molar-refractivity contribution in [3.05, 3.63) is 0 Å². The lowest BCUT2D eigenvalue weighted by atomic mass is 10.4. The predicted molar refractivity (Wildman–Crippen MR) is 54.6 cm³/mol. The SMILES string of the molecule is CC[N+](CC)(CC)COCCOC.[Cl-]. The van der Waals surface area contributed by atoms with Gasteiger partial charge in [-0.15, -0.1) is 0 Å². The fourth-order valence-corrected chi connectivity index (χ4v) is 1.35. The van der Waals surface area contributed by atoms with Gasteiger partial charge in [0, 0.05) is 7.11 Å². The van der Waals surface area contributed by atoms with Gasteiger partial charge in [0.2, 0.25) is 0 Å². The fourth-order valence-electron chi connectivity index (χ4n) is 1.35. The highest BCUT2D eigenvalue weighted by molar-refractivity contribution is 4.31. The van der Waals surface area contributed by atoms with E-state index in [9.17, 15) is 0 Å². The van der Waals surface area contributed by atoms with Gasteiger partial charge in [0.15, 0.2) is 6.73 Å². The smallest absolute Gasteiger partial charge is 0.183 e. The summed E-state index contributed by atoms with van der Waals surface area (Å²) in [5, 5.41) is 0. The van der Waals surface area contributed by atoms with Crippen molar-refractivity contribution in [2.24, 2.45) is 0 Å². The number of ether oxygens (including phenoxy) is 2. The first-order valence-electron chi connectivity index (χ1n) is 5.16. The van der Waals surface area contributed by atoms with Gasteiger partial charge < -0.3 is 26.4 Å². The lowest BCUT2D eigenvalue weighted by Gasteiger charge is -2.34. The maximum atomic E-state index is 5.56. The molecule has 0 aliphatic rings. The van der Waals surface area contributed by atoms with Crippen molar-refractivity contribution in [2.75, 3.05) is 46.7 Å². The van der Waals surface area contributed by atoms with Crippen LogP contribution in [0.3, 0.4) is 0 Å². The highest BCUT2D eigenvalue weighted by Crippen LogP contribution is 2.05. The van der Waals surface area contributed by atoms with Crippen molar-refractivity contribution in [1.29, 1.82) is 0 Å². The van der Waals surface area contributed by atoms with Crippen molar-refractivity contribution in [3.63, 3.8) is 0 Å². The molecule has 0 spiro atoms. The number of halogens is 1. The maximum absolute atomic E-state index is 5.56. The second-order valence-electron chi connectivity index (χ2n) is 3.32. The summed E-state index contributed by atoms with van der Waals surface area (Å²) in [4.78, 5) is 0. The topological polar surface area (TPSA) is 18.5 Å². The first-order chi connectivity index (χ1) is 6.24. The Kier molecular flexibility index (Phi) is 11.5. The van der Waals surface area contributed by atoms with Gasteiger partial charge in [-0.2, -0.15) is 0 Å². The largest absolute Gasteiger partial charge is 1.00 e. The van der Waals surface area contributed by atoms with Crippen molar-refractivity contribution >= 4 is 0 Å². The summed E-state index contributed by atoms with van der Waals surface area (Å²) >= 11 is 0. The summed E-state index contributed by atoms with van der Waals surface area (Å²) in [6.45, 7) is 12.3. The van der Waals surface area contributed by atoms with E-state index in [0.29, 0.717) is 13.2 Å². The standard InChI is InChI=1S/C10H24NO2.ClH/c1-5-11(6-2,7-3)10-13-9-8-12-4;/h5-10H2,1-4H3;1H/q+1;/p-1. The van der Waals surface area contributed by atoms with Crippen molar-refractivity contribution in [2.45, 2.75) is 20.8 Å². The first kappa shape index (κ1) is 16.6. The van der Waals surface area contributed by atoms with Crippen LogP contribution in [0.4, 0.5) is 0 Å². The van der Waals surface area contributed by atoms with Crippen LogP contribution in [0, 0.1) is 0 Å². The van der Waals surface area contributed by atoms with Crippen LogP contribution in [0.5, 0.6) is 0 Å². The van der Waals surface area contributed by atoms with Crippen LogP contribution < -0.4 is 12.4 Å². The van der Waals surface area contributed by atoms with Gasteiger partial charge >= 0.3 is 0 Å². The molecule has 0 amide bonds.